The van der Waals surface area contributed by atoms with E-state index in [2.05, 4.69) is 12.1 Å². The molecule has 0 radical (unpaired) electrons. The first-order valence-electron chi connectivity index (χ1n) is 5.71. The van der Waals surface area contributed by atoms with Crippen LogP contribution in [0.1, 0.15) is 24.0 Å². The summed E-state index contributed by atoms with van der Waals surface area (Å²) in [6.07, 6.45) is 4.96. The van der Waals surface area contributed by atoms with Crippen molar-refractivity contribution >= 4 is 11.6 Å². The Hall–Kier alpha value is -0.530. The van der Waals surface area contributed by atoms with Gasteiger partial charge in [-0.05, 0) is 60.8 Å². The summed E-state index contributed by atoms with van der Waals surface area (Å²) in [4.78, 5) is 0. The van der Waals surface area contributed by atoms with Gasteiger partial charge in [0.15, 0.2) is 0 Å². The minimum absolute atomic E-state index is 0.521. The van der Waals surface area contributed by atoms with Crippen molar-refractivity contribution in [1.29, 1.82) is 0 Å². The van der Waals surface area contributed by atoms with E-state index < -0.39 is 0 Å². The molecule has 1 aromatic carbocycles. The lowest BCUT2D eigenvalue weighted by atomic mass is 9.80. The highest BCUT2D eigenvalue weighted by Crippen LogP contribution is 2.59. The Morgan fingerprint density at radius 2 is 2.33 bits per heavy atom. The van der Waals surface area contributed by atoms with Gasteiger partial charge in [0.05, 0.1) is 0 Å². The first-order valence-corrected chi connectivity index (χ1v) is 6.09. The summed E-state index contributed by atoms with van der Waals surface area (Å²) in [5, 5.41) is 0.953. The van der Waals surface area contributed by atoms with Crippen molar-refractivity contribution in [1.82, 2.24) is 0 Å². The van der Waals surface area contributed by atoms with Crippen molar-refractivity contribution in [3.05, 3.63) is 34.3 Å². The van der Waals surface area contributed by atoms with E-state index in [4.69, 9.17) is 17.3 Å². The third-order valence-corrected chi connectivity index (χ3v) is 4.63. The van der Waals surface area contributed by atoms with Gasteiger partial charge in [0, 0.05) is 5.02 Å². The maximum atomic E-state index is 6.26. The van der Waals surface area contributed by atoms with Crippen LogP contribution in [0.3, 0.4) is 0 Å². The highest BCUT2D eigenvalue weighted by atomic mass is 35.5. The van der Waals surface area contributed by atoms with Crippen LogP contribution in [0.4, 0.5) is 0 Å². The van der Waals surface area contributed by atoms with E-state index >= 15 is 0 Å². The standard InChI is InChI=1S/C13H16ClN/c14-12-3-1-2-9-4-5-13(7-11(9)12)6-10(13)8-15/h1-3,10H,4-8,15H2. The molecular weight excluding hydrogens is 206 g/mol. The van der Waals surface area contributed by atoms with Crippen molar-refractivity contribution in [2.45, 2.75) is 25.7 Å². The molecule has 80 valence electrons. The Labute approximate surface area is 95.6 Å². The zero-order chi connectivity index (χ0) is 10.5. The van der Waals surface area contributed by atoms with Gasteiger partial charge < -0.3 is 5.73 Å². The third kappa shape index (κ3) is 1.41. The SMILES string of the molecule is NCC1CC12CCc1cccc(Cl)c1C2. The molecule has 1 aromatic rings. The molecule has 0 bridgehead atoms. The molecule has 2 unspecified atom stereocenters. The molecule has 2 aliphatic carbocycles. The fourth-order valence-electron chi connectivity index (χ4n) is 3.15. The molecule has 1 fully saturated rings. The molecule has 2 N–H and O–H groups in total. The Morgan fingerprint density at radius 1 is 1.47 bits per heavy atom. The number of benzene rings is 1. The van der Waals surface area contributed by atoms with Crippen molar-refractivity contribution in [3.8, 4) is 0 Å². The highest BCUT2D eigenvalue weighted by Gasteiger charge is 2.53. The van der Waals surface area contributed by atoms with Gasteiger partial charge in [-0.3, -0.25) is 0 Å². The van der Waals surface area contributed by atoms with Crippen molar-refractivity contribution in [2.24, 2.45) is 17.1 Å². The number of nitrogens with two attached hydrogens (primary N) is 1. The van der Waals surface area contributed by atoms with Gasteiger partial charge in [-0.15, -0.1) is 0 Å². The first kappa shape index (κ1) is 9.68. The number of halogens is 1. The van der Waals surface area contributed by atoms with Crippen LogP contribution in [-0.2, 0) is 12.8 Å². The van der Waals surface area contributed by atoms with Crippen LogP contribution >= 0.6 is 11.6 Å². The van der Waals surface area contributed by atoms with Crippen molar-refractivity contribution in [2.75, 3.05) is 6.54 Å². The molecule has 2 heteroatoms. The monoisotopic (exact) mass is 221 g/mol. The Balaban J connectivity index is 1.93. The number of fused-ring (bicyclic) bond motifs is 1. The van der Waals surface area contributed by atoms with E-state index in [0.29, 0.717) is 5.41 Å². The number of aryl methyl sites for hydroxylation is 1. The molecule has 0 saturated heterocycles. The van der Waals surface area contributed by atoms with Crippen LogP contribution in [0.25, 0.3) is 0 Å². The summed E-state index contributed by atoms with van der Waals surface area (Å²) in [5.41, 5.74) is 9.13. The Bertz CT molecular complexity index is 402. The molecule has 1 saturated carbocycles. The summed E-state index contributed by atoms with van der Waals surface area (Å²) in [7, 11) is 0. The van der Waals surface area contributed by atoms with E-state index in [-0.39, 0.29) is 0 Å². The van der Waals surface area contributed by atoms with Gasteiger partial charge in [-0.1, -0.05) is 23.7 Å². The zero-order valence-corrected chi connectivity index (χ0v) is 9.56. The topological polar surface area (TPSA) is 26.0 Å². The highest BCUT2D eigenvalue weighted by molar-refractivity contribution is 6.31. The van der Waals surface area contributed by atoms with Crippen LogP contribution in [0.15, 0.2) is 18.2 Å². The first-order chi connectivity index (χ1) is 7.25. The molecule has 0 amide bonds. The maximum Gasteiger partial charge on any atom is 0.0440 e. The lowest BCUT2D eigenvalue weighted by Gasteiger charge is -2.26. The predicted octanol–water partition coefficient (Wildman–Crippen LogP) is 2.79. The molecule has 15 heavy (non-hydrogen) atoms. The largest absolute Gasteiger partial charge is 0.330 e. The average Bonchev–Trinajstić information content (AvgIpc) is 2.93. The summed E-state index contributed by atoms with van der Waals surface area (Å²) >= 11 is 6.26. The average molecular weight is 222 g/mol. The second kappa shape index (κ2) is 3.23. The molecular formula is C13H16ClN. The van der Waals surface area contributed by atoms with E-state index in [1.807, 2.05) is 6.07 Å². The number of rotatable bonds is 1. The zero-order valence-electron chi connectivity index (χ0n) is 8.80. The molecule has 2 atom stereocenters. The van der Waals surface area contributed by atoms with Crippen LogP contribution in [0.2, 0.25) is 5.02 Å². The van der Waals surface area contributed by atoms with Crippen LogP contribution < -0.4 is 5.73 Å². The molecule has 3 rings (SSSR count). The molecule has 0 aliphatic heterocycles. The normalized spacial score (nSPS) is 32.8. The summed E-state index contributed by atoms with van der Waals surface area (Å²) in [5.74, 6) is 0.752. The number of hydrogen-bond donors (Lipinski definition) is 1. The van der Waals surface area contributed by atoms with Crippen molar-refractivity contribution in [3.63, 3.8) is 0 Å². The molecule has 1 spiro atoms. The van der Waals surface area contributed by atoms with E-state index in [0.717, 1.165) is 23.9 Å². The van der Waals surface area contributed by atoms with Gasteiger partial charge in [0.1, 0.15) is 0 Å². The molecule has 0 aromatic heterocycles. The van der Waals surface area contributed by atoms with E-state index in [1.54, 1.807) is 0 Å². The third-order valence-electron chi connectivity index (χ3n) is 4.28. The van der Waals surface area contributed by atoms with Crippen molar-refractivity contribution < 1.29 is 0 Å². The lowest BCUT2D eigenvalue weighted by molar-refractivity contribution is 0.396. The van der Waals surface area contributed by atoms with Crippen LogP contribution in [-0.4, -0.2) is 6.54 Å². The maximum absolute atomic E-state index is 6.26. The smallest absolute Gasteiger partial charge is 0.0440 e. The van der Waals surface area contributed by atoms with Gasteiger partial charge in [-0.25, -0.2) is 0 Å². The van der Waals surface area contributed by atoms with E-state index in [9.17, 15) is 0 Å². The lowest BCUT2D eigenvalue weighted by Crippen LogP contribution is -2.20. The minimum atomic E-state index is 0.521. The molecule has 2 aliphatic rings. The predicted molar refractivity (Wildman–Crippen MR) is 63.1 cm³/mol. The quantitative estimate of drug-likeness (QED) is 0.776. The fourth-order valence-corrected chi connectivity index (χ4v) is 3.41. The van der Waals surface area contributed by atoms with Gasteiger partial charge in [-0.2, -0.15) is 0 Å². The Morgan fingerprint density at radius 3 is 3.07 bits per heavy atom. The van der Waals surface area contributed by atoms with E-state index in [1.165, 1.54) is 30.4 Å². The summed E-state index contributed by atoms with van der Waals surface area (Å²) in [6.45, 7) is 0.847. The van der Waals surface area contributed by atoms with Gasteiger partial charge >= 0.3 is 0 Å². The summed E-state index contributed by atoms with van der Waals surface area (Å²) in [6, 6.07) is 6.29. The second-order valence-electron chi connectivity index (χ2n) is 5.05. The fraction of sp³-hybridized carbons (Fsp3) is 0.538. The summed E-state index contributed by atoms with van der Waals surface area (Å²) < 4.78 is 0. The second-order valence-corrected chi connectivity index (χ2v) is 5.46. The van der Waals surface area contributed by atoms with Crippen LogP contribution in [0, 0.1) is 11.3 Å². The Kier molecular flexibility index (Phi) is 2.08. The molecule has 0 heterocycles. The molecule has 1 nitrogen and oxygen atoms in total. The number of hydrogen-bond acceptors (Lipinski definition) is 1. The van der Waals surface area contributed by atoms with Gasteiger partial charge in [0.25, 0.3) is 0 Å². The van der Waals surface area contributed by atoms with Gasteiger partial charge in [0.2, 0.25) is 0 Å². The van der Waals surface area contributed by atoms with Crippen LogP contribution in [0.5, 0.6) is 0 Å². The minimum Gasteiger partial charge on any atom is -0.330 e.